The summed E-state index contributed by atoms with van der Waals surface area (Å²) >= 11 is 0. The van der Waals surface area contributed by atoms with Crippen LogP contribution < -0.4 is 5.09 Å². The maximum Gasteiger partial charge on any atom is 0.475 e. The van der Waals surface area contributed by atoms with Gasteiger partial charge in [0.2, 0.25) is 0 Å². The predicted molar refractivity (Wildman–Crippen MR) is 401 cm³/mol. The van der Waals surface area contributed by atoms with E-state index in [9.17, 15) is 41.8 Å². The zero-order chi connectivity index (χ0) is 77.8. The predicted octanol–water partition coefficient (Wildman–Crippen LogP) is 18.3. The summed E-state index contributed by atoms with van der Waals surface area (Å²) < 4.78 is 162. The molecular weight excluding hydrogens is 1480 g/mol. The normalized spacial score (nSPS) is 35.1. The second-order valence-electron chi connectivity index (χ2n) is 27.2. The van der Waals surface area contributed by atoms with Gasteiger partial charge in [0.25, 0.3) is 0 Å². The van der Waals surface area contributed by atoms with Crippen LogP contribution >= 0.6 is 46.9 Å². The molecule has 12 aliphatic rings. The number of phosphoric ester groups is 5. The minimum absolute atomic E-state index is 0.0276. The van der Waals surface area contributed by atoms with E-state index >= 15 is 0 Å². The molecule has 105 heavy (non-hydrogen) atoms. The highest BCUT2D eigenvalue weighted by Crippen LogP contribution is 2.61. The molecule has 18 atom stereocenters. The van der Waals surface area contributed by atoms with Gasteiger partial charge < -0.3 is 14.4 Å². The third kappa shape index (κ3) is 33.6. The SMILES string of the molecule is CC(=O)CCC1=CC=CC2COP(=O)(OC(C)C)OC12.CC(C)OP1(=O)NC2C=CC=CC2CO1.CC(C)OP1(=O)OCC2C=CC=CC2O1.CC(C)OP1(=O)OCC2C=CC=CC2O1.CC(C)OP1(=O)OCC2C=CC=CC2O1.CC(C)OP1(=O)OCC2C=CC=CC2O1.CCC(C)=O.CCC(C)=O. The molecule has 592 valence electrons. The Labute approximate surface area is 622 Å². The highest BCUT2D eigenvalue weighted by molar-refractivity contribution is 7.51. The van der Waals surface area contributed by atoms with Crippen molar-refractivity contribution in [1.82, 2.24) is 5.09 Å². The van der Waals surface area contributed by atoms with Crippen LogP contribution in [0.15, 0.2) is 145 Å². The van der Waals surface area contributed by atoms with Gasteiger partial charge in [0, 0.05) is 60.8 Å². The second-order valence-corrected chi connectivity index (χ2v) is 36.8. The first-order chi connectivity index (χ1) is 49.4. The van der Waals surface area contributed by atoms with Crippen LogP contribution in [0.3, 0.4) is 0 Å². The number of phosphoric acid groups is 5. The van der Waals surface area contributed by atoms with Crippen LogP contribution in [-0.4, -0.2) is 130 Å². The Kier molecular flexibility index (Phi) is 39.1. The number of carbonyl (C=O) groups is 3. The molecule has 6 saturated heterocycles. The summed E-state index contributed by atoms with van der Waals surface area (Å²) in [6.07, 6.45) is 44.9. The summed E-state index contributed by atoms with van der Waals surface area (Å²) in [5.41, 5.74) is 0.976. The van der Waals surface area contributed by atoms with Gasteiger partial charge in [-0.3, -0.25) is 76.9 Å². The number of carbonyl (C=O) groups excluding carboxylic acids is 3. The zero-order valence-electron chi connectivity index (χ0n) is 63.5. The van der Waals surface area contributed by atoms with E-state index in [0.717, 1.165) is 5.57 Å². The smallest absolute Gasteiger partial charge is 0.300 e. The maximum atomic E-state index is 12.4. The molecule has 0 aromatic rings. The summed E-state index contributed by atoms with van der Waals surface area (Å²) in [7, 11) is -20.0. The highest BCUT2D eigenvalue weighted by atomic mass is 31.2. The van der Waals surface area contributed by atoms with Gasteiger partial charge in [-0.1, -0.05) is 154 Å². The van der Waals surface area contributed by atoms with E-state index in [1.807, 2.05) is 161 Å². The van der Waals surface area contributed by atoms with Gasteiger partial charge in [-0.25, -0.2) is 32.5 Å². The fraction of sp³-hybridized carbons (Fsp3) is 0.625. The molecule has 6 aliphatic heterocycles. The third-order valence-electron chi connectivity index (χ3n) is 15.4. The number of hydrogen-bond donors (Lipinski definition) is 1. The molecular formula is C72H113NO26P6. The molecule has 0 bridgehead atoms. The summed E-state index contributed by atoms with van der Waals surface area (Å²) in [4.78, 5) is 30.8. The molecule has 0 saturated carbocycles. The molecule has 0 radical (unpaired) electrons. The van der Waals surface area contributed by atoms with Crippen molar-refractivity contribution < 1.29 is 119 Å². The van der Waals surface area contributed by atoms with Gasteiger partial charge in [0.15, 0.2) is 0 Å². The standard InChI is InChI=1S/C14H21O5P.C10H16NO3P.4C10H15O4P.2C4H8O/c1-10(2)18-20(16)17-9-13-6-4-5-12(14(13)19-20)8-7-11(3)15;1-8(2)14-15(12)11-10-6-4-3-5-9(10)7-13-15;4*1-8(2)13-15(11)12-7-9-5-3-4-6-10(9)14-15;2*1-3-4(2)5/h4-6,10,13-14H,7-9H2,1-3H3;3-6,8-10H,7H2,1-2H3,(H,11,12);4*3-6,8-10H,7H2,1-2H3;2*3H2,1-2H3. The van der Waals surface area contributed by atoms with Gasteiger partial charge in [-0.15, -0.1) is 0 Å². The molecule has 18 unspecified atom stereocenters. The molecule has 6 aliphatic carbocycles. The van der Waals surface area contributed by atoms with E-state index in [4.69, 9.17) is 76.9 Å². The van der Waals surface area contributed by atoms with Crippen LogP contribution in [0, 0.1) is 35.5 Å². The summed E-state index contributed by atoms with van der Waals surface area (Å²) in [6, 6.07) is 0.0633. The van der Waals surface area contributed by atoms with Gasteiger partial charge >= 0.3 is 46.9 Å². The fourth-order valence-electron chi connectivity index (χ4n) is 10.2. The average Bonchev–Trinajstić information content (AvgIpc) is 0.887. The van der Waals surface area contributed by atoms with Gasteiger partial charge in [-0.05, 0) is 116 Å². The fourth-order valence-corrected chi connectivity index (χ4v) is 19.9. The van der Waals surface area contributed by atoms with Crippen LogP contribution in [0.5, 0.6) is 0 Å². The van der Waals surface area contributed by atoms with Crippen molar-refractivity contribution >= 4 is 64.2 Å². The Morgan fingerprint density at radius 2 is 0.629 bits per heavy atom. The quantitative estimate of drug-likeness (QED) is 0.132. The lowest BCUT2D eigenvalue weighted by molar-refractivity contribution is -0.117. The number of ketones is 3. The molecule has 0 aromatic carbocycles. The first kappa shape index (κ1) is 92.2. The molecule has 0 amide bonds. The van der Waals surface area contributed by atoms with Crippen LogP contribution in [0.25, 0.3) is 0 Å². The van der Waals surface area contributed by atoms with Crippen molar-refractivity contribution in [3.63, 3.8) is 0 Å². The Morgan fingerprint density at radius 1 is 0.362 bits per heavy atom. The molecule has 12 rings (SSSR count). The van der Waals surface area contributed by atoms with Gasteiger partial charge in [0.05, 0.1) is 107 Å². The van der Waals surface area contributed by atoms with Crippen LogP contribution in [0.1, 0.15) is 143 Å². The molecule has 0 spiro atoms. The number of rotatable bonds is 17. The van der Waals surface area contributed by atoms with Crippen molar-refractivity contribution in [3.8, 4) is 0 Å². The van der Waals surface area contributed by atoms with Gasteiger partial charge in [0.1, 0.15) is 17.3 Å². The Hall–Kier alpha value is -3.45. The number of nitrogens with one attached hydrogen (secondary N) is 1. The molecule has 6 fully saturated rings. The molecule has 0 aromatic heterocycles. The average molecular weight is 1590 g/mol. The number of allylic oxidation sites excluding steroid dienone is 12. The third-order valence-corrected chi connectivity index (χ3v) is 25.4. The number of fused-ring (bicyclic) bond motifs is 6. The molecule has 27 nitrogen and oxygen atoms in total. The van der Waals surface area contributed by atoms with E-state index in [2.05, 4.69) is 11.2 Å². The van der Waals surface area contributed by atoms with Crippen molar-refractivity contribution in [1.29, 1.82) is 0 Å². The van der Waals surface area contributed by atoms with Crippen molar-refractivity contribution in [3.05, 3.63) is 145 Å². The van der Waals surface area contributed by atoms with Crippen LogP contribution in [-0.2, 0) is 119 Å². The Morgan fingerprint density at radius 3 is 0.933 bits per heavy atom. The van der Waals surface area contributed by atoms with E-state index in [-0.39, 0.29) is 126 Å². The largest absolute Gasteiger partial charge is 0.475 e. The zero-order valence-corrected chi connectivity index (χ0v) is 68.9. The lowest BCUT2D eigenvalue weighted by Crippen LogP contribution is -2.41. The van der Waals surface area contributed by atoms with E-state index < -0.39 is 46.9 Å². The van der Waals surface area contributed by atoms with E-state index in [1.165, 1.54) is 0 Å². The monoisotopic (exact) mass is 1590 g/mol. The summed E-state index contributed by atoms with van der Waals surface area (Å²) in [5, 5.41) is 2.94. The molecule has 33 heteroatoms. The van der Waals surface area contributed by atoms with Crippen molar-refractivity contribution in [2.75, 3.05) is 39.6 Å². The number of hydrogen-bond acceptors (Lipinski definition) is 26. The number of Topliss-reactive ketones (excluding diaryl/α,β-unsaturated/α-hetero) is 3. The maximum absolute atomic E-state index is 12.4. The van der Waals surface area contributed by atoms with Crippen molar-refractivity contribution in [2.24, 2.45) is 35.5 Å². The topological polar surface area (TPSA) is 323 Å². The second kappa shape index (κ2) is 44.6. The highest BCUT2D eigenvalue weighted by Gasteiger charge is 2.46. The Balaban J connectivity index is 0.000000221. The van der Waals surface area contributed by atoms with Crippen LogP contribution in [0.4, 0.5) is 0 Å². The summed E-state index contributed by atoms with van der Waals surface area (Å²) in [5.74, 6) is 1.51. The van der Waals surface area contributed by atoms with Crippen LogP contribution in [0.2, 0.25) is 0 Å². The summed E-state index contributed by atoms with van der Waals surface area (Å²) in [6.45, 7) is 32.4. The first-order valence-corrected chi connectivity index (χ1v) is 44.6. The van der Waals surface area contributed by atoms with E-state index in [1.54, 1.807) is 90.0 Å². The Bertz CT molecular complexity index is 3100. The molecule has 1 N–H and O–H groups in total. The lowest BCUT2D eigenvalue weighted by atomic mass is 9.89. The molecule has 6 heterocycles. The minimum Gasteiger partial charge on any atom is -0.300 e. The van der Waals surface area contributed by atoms with Crippen molar-refractivity contribution in [2.45, 2.75) is 217 Å². The van der Waals surface area contributed by atoms with E-state index in [0.29, 0.717) is 65.3 Å². The lowest BCUT2D eigenvalue weighted by Gasteiger charge is -2.37. The first-order valence-electron chi connectivity index (χ1n) is 35.8. The minimum atomic E-state index is -3.50. The van der Waals surface area contributed by atoms with Gasteiger partial charge in [-0.2, -0.15) is 0 Å².